The number of hydrogen-bond acceptors (Lipinski definition) is 4. The van der Waals surface area contributed by atoms with E-state index in [1.54, 1.807) is 16.4 Å². The molecule has 0 unspecified atom stereocenters. The standard InChI is InChI=1S/C23H30N2O2S2/c1-18-10-13-21(14-11-18)29(26,27)25-16-6-5-9-22(25)19-12-15-23(24-17-19)28-20-7-3-2-4-8-20/h10-15,17,20,22H,2-9,16H2,1H3/t22-/m1/s1. The van der Waals surface area contributed by atoms with Crippen LogP contribution in [0.2, 0.25) is 0 Å². The van der Waals surface area contributed by atoms with Crippen molar-refractivity contribution in [2.75, 3.05) is 6.54 Å². The Bertz CT molecular complexity index is 905. The molecule has 1 aromatic heterocycles. The van der Waals surface area contributed by atoms with Crippen LogP contribution in [0.1, 0.15) is 68.5 Å². The zero-order valence-electron chi connectivity index (χ0n) is 17.1. The van der Waals surface area contributed by atoms with Crippen LogP contribution in [0.5, 0.6) is 0 Å². The largest absolute Gasteiger partial charge is 0.250 e. The predicted octanol–water partition coefficient (Wildman–Crippen LogP) is 5.73. The van der Waals surface area contributed by atoms with Crippen molar-refractivity contribution in [3.05, 3.63) is 53.7 Å². The third kappa shape index (κ3) is 4.86. The Labute approximate surface area is 179 Å². The number of rotatable bonds is 5. The van der Waals surface area contributed by atoms with Gasteiger partial charge in [-0.25, -0.2) is 13.4 Å². The van der Waals surface area contributed by atoms with E-state index < -0.39 is 10.0 Å². The minimum atomic E-state index is -3.51. The molecule has 1 atom stereocenters. The molecule has 0 amide bonds. The van der Waals surface area contributed by atoms with Crippen molar-refractivity contribution in [2.24, 2.45) is 0 Å². The molecule has 1 saturated heterocycles. The van der Waals surface area contributed by atoms with Crippen molar-refractivity contribution in [1.82, 2.24) is 9.29 Å². The van der Waals surface area contributed by atoms with E-state index in [2.05, 4.69) is 12.1 Å². The van der Waals surface area contributed by atoms with Crippen LogP contribution in [0.3, 0.4) is 0 Å². The summed E-state index contributed by atoms with van der Waals surface area (Å²) < 4.78 is 28.3. The Morgan fingerprint density at radius 2 is 1.66 bits per heavy atom. The van der Waals surface area contributed by atoms with Gasteiger partial charge in [-0.2, -0.15) is 4.31 Å². The van der Waals surface area contributed by atoms with Gasteiger partial charge in [0.2, 0.25) is 10.0 Å². The second-order valence-electron chi connectivity index (χ2n) is 8.25. The molecule has 0 spiro atoms. The first kappa shape index (κ1) is 20.9. The highest BCUT2D eigenvalue weighted by Crippen LogP contribution is 2.37. The van der Waals surface area contributed by atoms with E-state index in [4.69, 9.17) is 4.98 Å². The summed E-state index contributed by atoms with van der Waals surface area (Å²) in [6.07, 6.45) is 11.3. The van der Waals surface area contributed by atoms with Crippen molar-refractivity contribution in [3.63, 3.8) is 0 Å². The lowest BCUT2D eigenvalue weighted by atomic mass is 9.99. The molecular weight excluding hydrogens is 400 g/mol. The fourth-order valence-corrected chi connectivity index (χ4v) is 7.24. The Balaban J connectivity index is 1.53. The number of thioether (sulfide) groups is 1. The molecule has 4 nitrogen and oxygen atoms in total. The van der Waals surface area contributed by atoms with E-state index in [1.807, 2.05) is 37.0 Å². The first-order chi connectivity index (χ1) is 14.0. The molecule has 29 heavy (non-hydrogen) atoms. The van der Waals surface area contributed by atoms with Gasteiger partial charge in [-0.3, -0.25) is 0 Å². The molecule has 1 aromatic carbocycles. The third-order valence-corrected chi connectivity index (χ3v) is 9.27. The van der Waals surface area contributed by atoms with Gasteiger partial charge in [0, 0.05) is 18.0 Å². The lowest BCUT2D eigenvalue weighted by Gasteiger charge is -2.35. The third-order valence-electron chi connectivity index (χ3n) is 6.06. The summed E-state index contributed by atoms with van der Waals surface area (Å²) in [5, 5.41) is 1.74. The molecule has 4 rings (SSSR count). The predicted molar refractivity (Wildman–Crippen MR) is 119 cm³/mol. The van der Waals surface area contributed by atoms with E-state index in [9.17, 15) is 8.42 Å². The van der Waals surface area contributed by atoms with Gasteiger partial charge in [-0.1, -0.05) is 49.4 Å². The van der Waals surface area contributed by atoms with Crippen LogP contribution in [0.4, 0.5) is 0 Å². The fraction of sp³-hybridized carbons (Fsp3) is 0.522. The SMILES string of the molecule is Cc1ccc(S(=O)(=O)N2CCCC[C@@H]2c2ccc(SC3CCCCC3)nc2)cc1. The van der Waals surface area contributed by atoms with Gasteiger partial charge < -0.3 is 0 Å². The Morgan fingerprint density at radius 3 is 2.34 bits per heavy atom. The smallest absolute Gasteiger partial charge is 0.243 e. The quantitative estimate of drug-likeness (QED) is 0.608. The summed E-state index contributed by atoms with van der Waals surface area (Å²) in [5.41, 5.74) is 2.07. The minimum Gasteiger partial charge on any atom is -0.250 e. The summed E-state index contributed by atoms with van der Waals surface area (Å²) in [4.78, 5) is 5.07. The summed E-state index contributed by atoms with van der Waals surface area (Å²) in [6, 6.07) is 11.2. The summed E-state index contributed by atoms with van der Waals surface area (Å²) >= 11 is 1.88. The van der Waals surface area contributed by atoms with E-state index in [0.29, 0.717) is 16.7 Å². The summed E-state index contributed by atoms with van der Waals surface area (Å²) in [5.74, 6) is 0. The van der Waals surface area contributed by atoms with Gasteiger partial charge in [-0.15, -0.1) is 11.8 Å². The number of aromatic nitrogens is 1. The first-order valence-electron chi connectivity index (χ1n) is 10.8. The molecule has 2 aliphatic rings. The van der Waals surface area contributed by atoms with Crippen molar-refractivity contribution in [1.29, 1.82) is 0 Å². The normalized spacial score (nSPS) is 21.9. The first-order valence-corrected chi connectivity index (χ1v) is 13.1. The molecule has 0 radical (unpaired) electrons. The second kappa shape index (κ2) is 9.19. The summed E-state index contributed by atoms with van der Waals surface area (Å²) in [7, 11) is -3.51. The van der Waals surface area contributed by atoms with Gasteiger partial charge in [0.1, 0.15) is 0 Å². The maximum atomic E-state index is 13.3. The van der Waals surface area contributed by atoms with E-state index in [-0.39, 0.29) is 6.04 Å². The van der Waals surface area contributed by atoms with Crippen molar-refractivity contribution in [3.8, 4) is 0 Å². The van der Waals surface area contributed by atoms with Crippen LogP contribution in [-0.4, -0.2) is 29.5 Å². The number of piperidine rings is 1. The molecule has 0 N–H and O–H groups in total. The maximum absolute atomic E-state index is 13.3. The molecule has 2 heterocycles. The number of benzene rings is 1. The molecule has 2 fully saturated rings. The maximum Gasteiger partial charge on any atom is 0.243 e. The number of sulfonamides is 1. The van der Waals surface area contributed by atoms with E-state index in [1.165, 1.54) is 32.1 Å². The Hall–Kier alpha value is -1.37. The number of hydrogen-bond donors (Lipinski definition) is 0. The van der Waals surface area contributed by atoms with Crippen molar-refractivity contribution < 1.29 is 8.42 Å². The lowest BCUT2D eigenvalue weighted by Crippen LogP contribution is -2.38. The van der Waals surface area contributed by atoms with Gasteiger partial charge in [0.05, 0.1) is 16.0 Å². The number of nitrogens with zero attached hydrogens (tertiary/aromatic N) is 2. The number of pyridine rings is 1. The lowest BCUT2D eigenvalue weighted by molar-refractivity contribution is 0.255. The zero-order valence-corrected chi connectivity index (χ0v) is 18.7. The van der Waals surface area contributed by atoms with Crippen LogP contribution >= 0.6 is 11.8 Å². The average Bonchev–Trinajstić information content (AvgIpc) is 2.75. The highest BCUT2D eigenvalue weighted by Gasteiger charge is 2.34. The molecule has 2 aromatic rings. The fourth-order valence-electron chi connectivity index (χ4n) is 4.38. The minimum absolute atomic E-state index is 0.128. The molecule has 1 saturated carbocycles. The molecular formula is C23H30N2O2S2. The van der Waals surface area contributed by atoms with Gasteiger partial charge >= 0.3 is 0 Å². The van der Waals surface area contributed by atoms with Crippen LogP contribution in [0.15, 0.2) is 52.5 Å². The van der Waals surface area contributed by atoms with Crippen molar-refractivity contribution in [2.45, 2.75) is 79.5 Å². The van der Waals surface area contributed by atoms with E-state index >= 15 is 0 Å². The van der Waals surface area contributed by atoms with E-state index in [0.717, 1.165) is 35.4 Å². The topological polar surface area (TPSA) is 50.3 Å². The molecule has 1 aliphatic carbocycles. The van der Waals surface area contributed by atoms with Gasteiger partial charge in [0.15, 0.2) is 0 Å². The van der Waals surface area contributed by atoms with Crippen LogP contribution in [0.25, 0.3) is 0 Å². The Morgan fingerprint density at radius 1 is 0.931 bits per heavy atom. The van der Waals surface area contributed by atoms with Crippen LogP contribution in [-0.2, 0) is 10.0 Å². The van der Waals surface area contributed by atoms with Crippen LogP contribution < -0.4 is 0 Å². The monoisotopic (exact) mass is 430 g/mol. The van der Waals surface area contributed by atoms with Crippen LogP contribution in [0, 0.1) is 6.92 Å². The Kier molecular flexibility index (Phi) is 6.62. The molecule has 1 aliphatic heterocycles. The highest BCUT2D eigenvalue weighted by molar-refractivity contribution is 7.99. The zero-order chi connectivity index (χ0) is 20.3. The summed E-state index contributed by atoms with van der Waals surface area (Å²) in [6.45, 7) is 2.54. The highest BCUT2D eigenvalue weighted by atomic mass is 32.2. The number of aryl methyl sites for hydroxylation is 1. The molecule has 156 valence electrons. The van der Waals surface area contributed by atoms with Crippen molar-refractivity contribution >= 4 is 21.8 Å². The molecule has 0 bridgehead atoms. The van der Waals surface area contributed by atoms with Gasteiger partial charge in [0.25, 0.3) is 0 Å². The van der Waals surface area contributed by atoms with Gasteiger partial charge in [-0.05, 0) is 56.4 Å². The second-order valence-corrected chi connectivity index (χ2v) is 11.5. The molecule has 6 heteroatoms. The average molecular weight is 431 g/mol.